The molecule has 0 spiro atoms. The molecule has 0 saturated carbocycles. The number of pyridine rings is 1. The van der Waals surface area contributed by atoms with Gasteiger partial charge in [0.05, 0.1) is 17.4 Å². The molecule has 0 fully saturated rings. The molecule has 1 amide bonds. The van der Waals surface area contributed by atoms with Gasteiger partial charge in [-0.05, 0) is 55.2 Å². The highest BCUT2D eigenvalue weighted by Gasteiger charge is 2.33. The summed E-state index contributed by atoms with van der Waals surface area (Å²) in [6.45, 7) is 0. The van der Waals surface area contributed by atoms with Crippen LogP contribution < -0.4 is 5.32 Å². The van der Waals surface area contributed by atoms with Crippen molar-refractivity contribution < 1.29 is 26.7 Å². The van der Waals surface area contributed by atoms with Crippen molar-refractivity contribution in [1.29, 1.82) is 0 Å². The van der Waals surface area contributed by atoms with Crippen LogP contribution in [0.2, 0.25) is 0 Å². The molecule has 1 aliphatic carbocycles. The van der Waals surface area contributed by atoms with Gasteiger partial charge in [0.1, 0.15) is 17.3 Å². The SMILES string of the molecule is O=C(N[C@H]1CCCc2nnc(-c3ccnc(C(F)(F)F)c3)cc21)c1cc(F)cc(F)c1. The highest BCUT2D eigenvalue weighted by molar-refractivity contribution is 5.94. The van der Waals surface area contributed by atoms with Gasteiger partial charge in [-0.2, -0.15) is 23.4 Å². The first-order valence-corrected chi connectivity index (χ1v) is 9.38. The number of rotatable bonds is 3. The molecule has 160 valence electrons. The van der Waals surface area contributed by atoms with Gasteiger partial charge >= 0.3 is 6.18 Å². The zero-order chi connectivity index (χ0) is 22.2. The quantitative estimate of drug-likeness (QED) is 0.610. The van der Waals surface area contributed by atoms with Gasteiger partial charge in [0.15, 0.2) is 0 Å². The molecule has 1 atom stereocenters. The van der Waals surface area contributed by atoms with Crippen LogP contribution in [0.25, 0.3) is 11.3 Å². The summed E-state index contributed by atoms with van der Waals surface area (Å²) in [5.74, 6) is -2.42. The number of nitrogens with one attached hydrogen (secondary N) is 1. The maximum atomic E-state index is 13.4. The first-order chi connectivity index (χ1) is 14.7. The molecule has 3 aromatic rings. The van der Waals surface area contributed by atoms with Gasteiger partial charge in [0, 0.05) is 23.4 Å². The standard InChI is InChI=1S/C21H15F5N4O/c22-13-6-12(7-14(23)9-13)20(31)28-16-2-1-3-17-15(16)10-18(30-29-17)11-4-5-27-19(8-11)21(24,25)26/h4-10,16H,1-3H2,(H,28,31)/t16-/m0/s1. The Hall–Kier alpha value is -3.43. The van der Waals surface area contributed by atoms with Crippen LogP contribution in [0.3, 0.4) is 0 Å². The van der Waals surface area contributed by atoms with Crippen LogP contribution in [0.15, 0.2) is 42.6 Å². The summed E-state index contributed by atoms with van der Waals surface area (Å²) in [4.78, 5) is 15.9. The zero-order valence-corrected chi connectivity index (χ0v) is 15.9. The molecule has 0 saturated heterocycles. The van der Waals surface area contributed by atoms with E-state index in [1.54, 1.807) is 6.07 Å². The van der Waals surface area contributed by atoms with Gasteiger partial charge in [-0.3, -0.25) is 9.78 Å². The fraction of sp³-hybridized carbons (Fsp3) is 0.238. The second-order valence-electron chi connectivity index (χ2n) is 7.14. The van der Waals surface area contributed by atoms with E-state index in [-0.39, 0.29) is 16.8 Å². The van der Waals surface area contributed by atoms with Crippen molar-refractivity contribution in [3.63, 3.8) is 0 Å². The number of benzene rings is 1. The van der Waals surface area contributed by atoms with Crippen molar-refractivity contribution in [2.24, 2.45) is 0 Å². The van der Waals surface area contributed by atoms with Gasteiger partial charge in [-0.15, -0.1) is 0 Å². The van der Waals surface area contributed by atoms with Crippen LogP contribution in [0.5, 0.6) is 0 Å². The van der Waals surface area contributed by atoms with E-state index in [0.29, 0.717) is 36.6 Å². The number of hydrogen-bond acceptors (Lipinski definition) is 4. The summed E-state index contributed by atoms with van der Waals surface area (Å²) in [7, 11) is 0. The van der Waals surface area contributed by atoms with E-state index in [2.05, 4.69) is 20.5 Å². The second-order valence-corrected chi connectivity index (χ2v) is 7.14. The Kier molecular flexibility index (Phi) is 5.38. The van der Waals surface area contributed by atoms with Crippen molar-refractivity contribution in [2.75, 3.05) is 0 Å². The van der Waals surface area contributed by atoms with Crippen LogP contribution in [0.1, 0.15) is 46.2 Å². The average molecular weight is 434 g/mol. The molecule has 0 bridgehead atoms. The summed E-state index contributed by atoms with van der Waals surface area (Å²) >= 11 is 0. The summed E-state index contributed by atoms with van der Waals surface area (Å²) in [6.07, 6.45) is -1.75. The zero-order valence-electron chi connectivity index (χ0n) is 15.9. The molecule has 1 aromatic carbocycles. The van der Waals surface area contributed by atoms with Crippen LogP contribution in [0, 0.1) is 11.6 Å². The van der Waals surface area contributed by atoms with Crippen molar-refractivity contribution in [2.45, 2.75) is 31.5 Å². The first kappa shape index (κ1) is 20.8. The molecular weight excluding hydrogens is 419 g/mol. The molecule has 31 heavy (non-hydrogen) atoms. The summed E-state index contributed by atoms with van der Waals surface area (Å²) in [6, 6.07) is 5.83. The van der Waals surface area contributed by atoms with E-state index in [0.717, 1.165) is 24.4 Å². The number of amides is 1. The van der Waals surface area contributed by atoms with Gasteiger partial charge in [-0.1, -0.05) is 0 Å². The van der Waals surface area contributed by atoms with Gasteiger partial charge in [0.25, 0.3) is 5.91 Å². The minimum atomic E-state index is -4.60. The smallest absolute Gasteiger partial charge is 0.345 e. The predicted octanol–water partition coefficient (Wildman–Crippen LogP) is 4.64. The van der Waals surface area contributed by atoms with Crippen molar-refractivity contribution in [3.05, 3.63) is 76.7 Å². The fourth-order valence-electron chi connectivity index (χ4n) is 3.52. The van der Waals surface area contributed by atoms with E-state index in [1.165, 1.54) is 6.07 Å². The van der Waals surface area contributed by atoms with Crippen LogP contribution in [-0.2, 0) is 12.6 Å². The van der Waals surface area contributed by atoms with E-state index in [4.69, 9.17) is 0 Å². The maximum absolute atomic E-state index is 13.4. The Morgan fingerprint density at radius 2 is 1.77 bits per heavy atom. The number of alkyl halides is 3. The Balaban J connectivity index is 1.65. The van der Waals surface area contributed by atoms with Gasteiger partial charge < -0.3 is 5.32 Å². The molecule has 2 heterocycles. The van der Waals surface area contributed by atoms with Crippen molar-refractivity contribution in [1.82, 2.24) is 20.5 Å². The fourth-order valence-corrected chi connectivity index (χ4v) is 3.52. The molecule has 4 rings (SSSR count). The first-order valence-electron chi connectivity index (χ1n) is 9.38. The Morgan fingerprint density at radius 1 is 1.03 bits per heavy atom. The largest absolute Gasteiger partial charge is 0.433 e. The third-order valence-electron chi connectivity index (χ3n) is 4.96. The lowest BCUT2D eigenvalue weighted by Gasteiger charge is -2.25. The molecule has 0 radical (unpaired) electrons. The lowest BCUT2D eigenvalue weighted by Crippen LogP contribution is -2.31. The molecule has 5 nitrogen and oxygen atoms in total. The number of carbonyl (C=O) groups excluding carboxylic acids is 1. The van der Waals surface area contributed by atoms with Crippen LogP contribution in [-0.4, -0.2) is 21.1 Å². The summed E-state index contributed by atoms with van der Waals surface area (Å²) < 4.78 is 65.8. The summed E-state index contributed by atoms with van der Waals surface area (Å²) in [5, 5.41) is 10.9. The lowest BCUT2D eigenvalue weighted by molar-refractivity contribution is -0.141. The predicted molar refractivity (Wildman–Crippen MR) is 99.8 cm³/mol. The molecule has 0 unspecified atom stereocenters. The van der Waals surface area contributed by atoms with Gasteiger partial charge in [-0.25, -0.2) is 8.78 Å². The minimum absolute atomic E-state index is 0.171. The number of fused-ring (bicyclic) bond motifs is 1. The molecule has 1 N–H and O–H groups in total. The van der Waals surface area contributed by atoms with Crippen molar-refractivity contribution in [3.8, 4) is 11.3 Å². The van der Waals surface area contributed by atoms with E-state index >= 15 is 0 Å². The number of carbonyl (C=O) groups is 1. The molecule has 10 heteroatoms. The number of hydrogen-bond donors (Lipinski definition) is 1. The third-order valence-corrected chi connectivity index (χ3v) is 4.96. The lowest BCUT2D eigenvalue weighted by atomic mass is 9.90. The number of aromatic nitrogens is 3. The van der Waals surface area contributed by atoms with Gasteiger partial charge in [0.2, 0.25) is 0 Å². The third kappa shape index (κ3) is 4.52. The van der Waals surface area contributed by atoms with E-state index in [1.807, 2.05) is 0 Å². The average Bonchev–Trinajstić information content (AvgIpc) is 2.72. The Morgan fingerprint density at radius 3 is 2.48 bits per heavy atom. The Labute approximate surface area is 173 Å². The van der Waals surface area contributed by atoms with E-state index in [9.17, 15) is 26.7 Å². The maximum Gasteiger partial charge on any atom is 0.433 e. The van der Waals surface area contributed by atoms with Crippen molar-refractivity contribution >= 4 is 5.91 Å². The monoisotopic (exact) mass is 434 g/mol. The number of nitrogens with zero attached hydrogens (tertiary/aromatic N) is 3. The number of aryl methyl sites for hydroxylation is 1. The highest BCUT2D eigenvalue weighted by atomic mass is 19.4. The normalized spacial score (nSPS) is 16.0. The second kappa shape index (κ2) is 8.01. The van der Waals surface area contributed by atoms with E-state index < -0.39 is 35.5 Å². The molecule has 0 aliphatic heterocycles. The summed E-state index contributed by atoms with van der Waals surface area (Å²) in [5.41, 5.74) is 0.367. The molecular formula is C21H15F5N4O. The highest BCUT2D eigenvalue weighted by Crippen LogP contribution is 2.33. The number of halogens is 5. The van der Waals surface area contributed by atoms with Crippen LogP contribution >= 0.6 is 0 Å². The minimum Gasteiger partial charge on any atom is -0.345 e. The molecule has 1 aliphatic rings. The topological polar surface area (TPSA) is 67.8 Å². The molecule has 2 aromatic heterocycles. The van der Waals surface area contributed by atoms with Crippen LogP contribution in [0.4, 0.5) is 22.0 Å². The Bertz CT molecular complexity index is 1130.